The van der Waals surface area contributed by atoms with E-state index >= 15 is 0 Å². The lowest BCUT2D eigenvalue weighted by Crippen LogP contribution is -2.47. The van der Waals surface area contributed by atoms with Gasteiger partial charge in [0.25, 0.3) is 0 Å². The van der Waals surface area contributed by atoms with Crippen LogP contribution in [0.1, 0.15) is 0 Å². The molecular weight excluding hydrogens is 260 g/mol. The fourth-order valence-electron chi connectivity index (χ4n) is 0.739. The molecule has 0 atom stereocenters. The van der Waals surface area contributed by atoms with E-state index < -0.39 is 41.3 Å². The zero-order valence-electron chi connectivity index (χ0n) is 8.61. The molecule has 1 amide bonds. The minimum Gasteiger partial charge on any atom is -0.480 e. The van der Waals surface area contributed by atoms with Gasteiger partial charge in [0, 0.05) is 0 Å². The number of carboxylic acid groups (broad SMARTS) is 2. The summed E-state index contributed by atoms with van der Waals surface area (Å²) in [5, 5.41) is 16.8. The van der Waals surface area contributed by atoms with Crippen LogP contribution in [0.4, 0.5) is 4.79 Å². The molecule has 0 aromatic rings. The molecule has 0 fully saturated rings. The number of ether oxygens (including phenoxy) is 1. The molecule has 0 bridgehead atoms. The summed E-state index contributed by atoms with van der Waals surface area (Å²) in [6, 6.07) is 0. The molecule has 0 aliphatic rings. The van der Waals surface area contributed by atoms with Gasteiger partial charge in [0.05, 0.1) is 7.11 Å². The highest BCUT2D eigenvalue weighted by molar-refractivity contribution is 7.87. The van der Waals surface area contributed by atoms with E-state index in [2.05, 4.69) is 4.74 Å². The molecule has 0 rings (SSSR count). The maximum atomic E-state index is 11.4. The molecule has 0 radical (unpaired) electrons. The zero-order chi connectivity index (χ0) is 13.6. The number of carboxylic acids is 2. The Morgan fingerprint density at radius 2 is 1.59 bits per heavy atom. The highest BCUT2D eigenvalue weighted by Crippen LogP contribution is 1.98. The Balaban J connectivity index is 4.94. The van der Waals surface area contributed by atoms with E-state index in [9.17, 15) is 22.8 Å². The first-order chi connectivity index (χ1) is 7.69. The summed E-state index contributed by atoms with van der Waals surface area (Å²) in [5.74, 6) is -3.14. The van der Waals surface area contributed by atoms with Crippen molar-refractivity contribution >= 4 is 28.2 Å². The van der Waals surface area contributed by atoms with Gasteiger partial charge in [-0.1, -0.05) is 0 Å². The van der Waals surface area contributed by atoms with Gasteiger partial charge >= 0.3 is 28.2 Å². The highest BCUT2D eigenvalue weighted by Gasteiger charge is 2.28. The standard InChI is InChI=1S/C6H10N2O8S/c1-16-6(13)7-17(14,15)8(2-4(9)10)3-5(11)12/h2-3H2,1H3,(H,7,13)(H,9,10)(H,11,12). The molecule has 0 aliphatic heterocycles. The zero-order valence-corrected chi connectivity index (χ0v) is 9.43. The van der Waals surface area contributed by atoms with Gasteiger partial charge in [0.2, 0.25) is 0 Å². The van der Waals surface area contributed by atoms with E-state index in [0.717, 1.165) is 7.11 Å². The third-order valence-electron chi connectivity index (χ3n) is 1.36. The smallest absolute Gasteiger partial charge is 0.421 e. The van der Waals surface area contributed by atoms with Gasteiger partial charge in [-0.05, 0) is 0 Å². The number of methoxy groups -OCH3 is 1. The van der Waals surface area contributed by atoms with Gasteiger partial charge in [-0.2, -0.15) is 12.7 Å². The van der Waals surface area contributed by atoms with E-state index in [1.54, 1.807) is 0 Å². The van der Waals surface area contributed by atoms with E-state index in [-0.39, 0.29) is 4.31 Å². The summed E-state index contributed by atoms with van der Waals surface area (Å²) in [6.45, 7) is -2.20. The molecule has 0 heterocycles. The predicted molar refractivity (Wildman–Crippen MR) is 51.3 cm³/mol. The Morgan fingerprint density at radius 3 is 1.88 bits per heavy atom. The van der Waals surface area contributed by atoms with E-state index in [4.69, 9.17) is 10.2 Å². The quantitative estimate of drug-likeness (QED) is 0.504. The molecule has 17 heavy (non-hydrogen) atoms. The second-order valence-corrected chi connectivity index (χ2v) is 4.32. The third-order valence-corrected chi connectivity index (χ3v) is 2.72. The fraction of sp³-hybridized carbons (Fsp3) is 0.500. The average Bonchev–Trinajstić information content (AvgIpc) is 2.14. The summed E-state index contributed by atoms with van der Waals surface area (Å²) in [5.41, 5.74) is 0. The van der Waals surface area contributed by atoms with Crippen LogP contribution in [-0.2, 0) is 24.5 Å². The highest BCUT2D eigenvalue weighted by atomic mass is 32.2. The van der Waals surface area contributed by atoms with Crippen molar-refractivity contribution in [2.24, 2.45) is 0 Å². The topological polar surface area (TPSA) is 150 Å². The van der Waals surface area contributed by atoms with Crippen molar-refractivity contribution in [3.05, 3.63) is 0 Å². The van der Waals surface area contributed by atoms with Crippen LogP contribution in [0.5, 0.6) is 0 Å². The molecule has 3 N–H and O–H groups in total. The fourth-order valence-corrected chi connectivity index (χ4v) is 1.72. The monoisotopic (exact) mass is 270 g/mol. The number of rotatable bonds is 6. The minimum atomic E-state index is -4.58. The molecule has 0 saturated heterocycles. The Morgan fingerprint density at radius 1 is 1.18 bits per heavy atom. The summed E-state index contributed by atoms with van der Waals surface area (Å²) in [6.07, 6.45) is -1.36. The van der Waals surface area contributed by atoms with Crippen LogP contribution < -0.4 is 4.72 Å². The Bertz CT molecular complexity index is 400. The van der Waals surface area contributed by atoms with Crippen LogP contribution in [0, 0.1) is 0 Å². The number of nitrogens with zero attached hydrogens (tertiary/aromatic N) is 1. The van der Waals surface area contributed by atoms with Crippen LogP contribution in [0.2, 0.25) is 0 Å². The van der Waals surface area contributed by atoms with Gasteiger partial charge in [0.15, 0.2) is 0 Å². The van der Waals surface area contributed by atoms with Crippen molar-refractivity contribution in [2.75, 3.05) is 20.2 Å². The molecule has 0 aromatic carbocycles. The lowest BCUT2D eigenvalue weighted by Gasteiger charge is -2.17. The number of amides is 1. The van der Waals surface area contributed by atoms with Gasteiger partial charge < -0.3 is 14.9 Å². The normalized spacial score (nSPS) is 10.9. The van der Waals surface area contributed by atoms with Crippen molar-refractivity contribution < 1.29 is 37.8 Å². The summed E-state index contributed by atoms with van der Waals surface area (Å²) >= 11 is 0. The maximum absolute atomic E-state index is 11.4. The molecule has 0 spiro atoms. The number of carbonyl (C=O) groups is 3. The van der Waals surface area contributed by atoms with Gasteiger partial charge in [-0.3, -0.25) is 9.59 Å². The second-order valence-electron chi connectivity index (χ2n) is 2.65. The largest absolute Gasteiger partial charge is 0.480 e. The van der Waals surface area contributed by atoms with Gasteiger partial charge in [0.1, 0.15) is 13.1 Å². The number of nitrogens with one attached hydrogen (secondary N) is 1. The van der Waals surface area contributed by atoms with Crippen molar-refractivity contribution in [1.82, 2.24) is 9.03 Å². The van der Waals surface area contributed by atoms with E-state index in [0.29, 0.717) is 0 Å². The van der Waals surface area contributed by atoms with Crippen molar-refractivity contribution in [1.29, 1.82) is 0 Å². The molecule has 0 unspecified atom stereocenters. The number of aliphatic carboxylic acids is 2. The molecule has 98 valence electrons. The number of carbonyl (C=O) groups excluding carboxylic acids is 1. The number of hydrogen-bond acceptors (Lipinski definition) is 6. The van der Waals surface area contributed by atoms with E-state index in [1.165, 1.54) is 4.72 Å². The minimum absolute atomic E-state index is 0.0641. The Labute approximate surface area is 96.0 Å². The summed E-state index contributed by atoms with van der Waals surface area (Å²) in [4.78, 5) is 31.4. The lowest BCUT2D eigenvalue weighted by atomic mass is 10.6. The van der Waals surface area contributed by atoms with Gasteiger partial charge in [-0.25, -0.2) is 9.52 Å². The molecule has 0 aliphatic carbocycles. The van der Waals surface area contributed by atoms with Crippen LogP contribution in [0.15, 0.2) is 0 Å². The predicted octanol–water partition coefficient (Wildman–Crippen LogP) is -1.94. The van der Waals surface area contributed by atoms with Crippen LogP contribution in [0.3, 0.4) is 0 Å². The van der Waals surface area contributed by atoms with Crippen LogP contribution >= 0.6 is 0 Å². The molecular formula is C6H10N2O8S. The molecule has 0 aromatic heterocycles. The number of hydrogen-bond donors (Lipinski definition) is 3. The van der Waals surface area contributed by atoms with Crippen molar-refractivity contribution in [3.63, 3.8) is 0 Å². The first-order valence-corrected chi connectivity index (χ1v) is 5.42. The Hall–Kier alpha value is -1.88. The Kier molecular flexibility index (Phi) is 5.34. The third kappa shape index (κ3) is 5.67. The first-order valence-electron chi connectivity index (χ1n) is 3.98. The van der Waals surface area contributed by atoms with Crippen LogP contribution in [-0.4, -0.2) is 61.2 Å². The molecule has 0 saturated carbocycles. The van der Waals surface area contributed by atoms with Crippen LogP contribution in [0.25, 0.3) is 0 Å². The average molecular weight is 270 g/mol. The van der Waals surface area contributed by atoms with Crippen molar-refractivity contribution in [3.8, 4) is 0 Å². The SMILES string of the molecule is COC(=O)NS(=O)(=O)N(CC(=O)O)CC(=O)O. The maximum Gasteiger partial charge on any atom is 0.421 e. The lowest BCUT2D eigenvalue weighted by molar-refractivity contribution is -0.139. The molecule has 10 nitrogen and oxygen atoms in total. The second kappa shape index (κ2) is 6.00. The first kappa shape index (κ1) is 15.1. The molecule has 11 heteroatoms. The van der Waals surface area contributed by atoms with Gasteiger partial charge in [-0.15, -0.1) is 0 Å². The van der Waals surface area contributed by atoms with E-state index in [1.807, 2.05) is 0 Å². The summed E-state index contributed by atoms with van der Waals surface area (Å²) in [7, 11) is -3.68. The summed E-state index contributed by atoms with van der Waals surface area (Å²) < 4.78 is 28.1. The van der Waals surface area contributed by atoms with Crippen molar-refractivity contribution in [2.45, 2.75) is 0 Å².